The molecule has 2 aromatic heterocycles. The molecule has 1 unspecified atom stereocenters. The molecule has 0 radical (unpaired) electrons. The highest BCUT2D eigenvalue weighted by Crippen LogP contribution is 2.24. The third kappa shape index (κ3) is 3.36. The lowest BCUT2D eigenvalue weighted by Gasteiger charge is -2.15. The van der Waals surface area contributed by atoms with Crippen LogP contribution in [0.1, 0.15) is 24.3 Å². The Hall–Kier alpha value is -1.44. The Kier molecular flexibility index (Phi) is 4.74. The van der Waals surface area contributed by atoms with Gasteiger partial charge in [0.2, 0.25) is 10.0 Å². The summed E-state index contributed by atoms with van der Waals surface area (Å²) in [4.78, 5) is 5.21. The summed E-state index contributed by atoms with van der Waals surface area (Å²) in [5.41, 5.74) is 0. The maximum Gasteiger partial charge on any atom is 0.242 e. The van der Waals surface area contributed by atoms with Crippen LogP contribution in [0.3, 0.4) is 0 Å². The van der Waals surface area contributed by atoms with E-state index in [1.165, 1.54) is 6.20 Å². The van der Waals surface area contributed by atoms with Gasteiger partial charge in [-0.15, -0.1) is 11.3 Å². The van der Waals surface area contributed by atoms with E-state index in [4.69, 9.17) is 0 Å². The Labute approximate surface area is 123 Å². The van der Waals surface area contributed by atoms with Crippen molar-refractivity contribution in [3.8, 4) is 0 Å². The minimum Gasteiger partial charge on any atom is -0.373 e. The van der Waals surface area contributed by atoms with Gasteiger partial charge >= 0.3 is 0 Å². The molecule has 0 fully saturated rings. The molecule has 0 bridgehead atoms. The summed E-state index contributed by atoms with van der Waals surface area (Å²) in [6, 6.07) is 6.83. The number of hydrogen-bond acceptors (Lipinski definition) is 5. The average molecular weight is 311 g/mol. The minimum absolute atomic E-state index is 0.173. The third-order valence-electron chi connectivity index (χ3n) is 2.90. The molecule has 0 saturated carbocycles. The average Bonchev–Trinajstić information content (AvgIpc) is 2.99. The molecule has 0 aliphatic heterocycles. The van der Waals surface area contributed by atoms with Crippen molar-refractivity contribution in [3.05, 3.63) is 40.7 Å². The lowest BCUT2D eigenvalue weighted by Crippen LogP contribution is -2.27. The van der Waals surface area contributed by atoms with Crippen molar-refractivity contribution in [1.29, 1.82) is 0 Å². The van der Waals surface area contributed by atoms with Crippen LogP contribution < -0.4 is 10.0 Å². The summed E-state index contributed by atoms with van der Waals surface area (Å²) in [7, 11) is -1.82. The van der Waals surface area contributed by atoms with Crippen LogP contribution in [0.5, 0.6) is 0 Å². The van der Waals surface area contributed by atoms with Gasteiger partial charge < -0.3 is 5.32 Å². The van der Waals surface area contributed by atoms with Gasteiger partial charge in [-0.2, -0.15) is 0 Å². The highest BCUT2D eigenvalue weighted by atomic mass is 32.2. The number of aromatic nitrogens is 1. The topological polar surface area (TPSA) is 71.1 Å². The molecule has 0 aliphatic rings. The van der Waals surface area contributed by atoms with E-state index in [-0.39, 0.29) is 10.9 Å². The molecule has 0 aliphatic carbocycles. The van der Waals surface area contributed by atoms with E-state index in [0.29, 0.717) is 12.2 Å². The van der Waals surface area contributed by atoms with Crippen LogP contribution in [0.2, 0.25) is 0 Å². The van der Waals surface area contributed by atoms with Crippen LogP contribution in [-0.4, -0.2) is 20.4 Å². The monoisotopic (exact) mass is 311 g/mol. The quantitative estimate of drug-likeness (QED) is 0.860. The number of hydrogen-bond donors (Lipinski definition) is 2. The van der Waals surface area contributed by atoms with E-state index in [1.54, 1.807) is 30.5 Å². The number of sulfonamides is 1. The Bertz CT molecular complexity index is 637. The Balaban J connectivity index is 2.21. The maximum absolute atomic E-state index is 12.3. The summed E-state index contributed by atoms with van der Waals surface area (Å²) in [5, 5.41) is 4.80. The fourth-order valence-corrected chi connectivity index (χ4v) is 3.95. The minimum atomic E-state index is -3.56. The molecule has 0 amide bonds. The van der Waals surface area contributed by atoms with Crippen molar-refractivity contribution in [3.63, 3.8) is 0 Å². The lowest BCUT2D eigenvalue weighted by atomic mass is 10.2. The van der Waals surface area contributed by atoms with Gasteiger partial charge in [0, 0.05) is 18.1 Å². The Morgan fingerprint density at radius 1 is 1.35 bits per heavy atom. The largest absolute Gasteiger partial charge is 0.373 e. The van der Waals surface area contributed by atoms with Crippen molar-refractivity contribution < 1.29 is 8.42 Å². The fraction of sp³-hybridized carbons (Fsp3) is 0.308. The standard InChI is InChI=1S/C13H17N3O2S2/c1-3-11(12-5-4-8-19-12)16-20(17,18)10-6-7-13(14-2)15-9-10/h4-9,11,16H,3H2,1-2H3,(H,14,15). The number of thiophene rings is 1. The summed E-state index contributed by atoms with van der Waals surface area (Å²) in [6.45, 7) is 1.95. The summed E-state index contributed by atoms with van der Waals surface area (Å²) in [5.74, 6) is 0.634. The fourth-order valence-electron chi connectivity index (χ4n) is 1.77. The molecule has 0 saturated heterocycles. The van der Waals surface area contributed by atoms with Gasteiger partial charge in [0.1, 0.15) is 10.7 Å². The number of nitrogens with zero attached hydrogens (tertiary/aromatic N) is 1. The third-order valence-corrected chi connectivity index (χ3v) is 5.34. The lowest BCUT2D eigenvalue weighted by molar-refractivity contribution is 0.553. The molecule has 2 heterocycles. The van der Waals surface area contributed by atoms with E-state index < -0.39 is 10.0 Å². The first-order chi connectivity index (χ1) is 9.56. The van der Waals surface area contributed by atoms with Gasteiger partial charge in [-0.1, -0.05) is 13.0 Å². The van der Waals surface area contributed by atoms with Crippen molar-refractivity contribution in [2.45, 2.75) is 24.3 Å². The predicted octanol–water partition coefficient (Wildman–Crippen LogP) is 2.61. The number of rotatable bonds is 6. The first kappa shape index (κ1) is 15.0. The van der Waals surface area contributed by atoms with Crippen molar-refractivity contribution in [1.82, 2.24) is 9.71 Å². The first-order valence-electron chi connectivity index (χ1n) is 6.26. The van der Waals surface area contributed by atoms with Gasteiger partial charge in [0.25, 0.3) is 0 Å². The number of nitrogens with one attached hydrogen (secondary N) is 2. The predicted molar refractivity (Wildman–Crippen MR) is 81.5 cm³/mol. The van der Waals surface area contributed by atoms with E-state index in [1.807, 2.05) is 24.4 Å². The van der Waals surface area contributed by atoms with E-state index >= 15 is 0 Å². The van der Waals surface area contributed by atoms with Crippen molar-refractivity contribution in [2.75, 3.05) is 12.4 Å². The van der Waals surface area contributed by atoms with Gasteiger partial charge in [0.05, 0.1) is 6.04 Å². The van der Waals surface area contributed by atoms with Crippen LogP contribution in [0.4, 0.5) is 5.82 Å². The molecule has 2 rings (SSSR count). The van der Waals surface area contributed by atoms with Crippen LogP contribution in [0.15, 0.2) is 40.7 Å². The van der Waals surface area contributed by atoms with Crippen molar-refractivity contribution in [2.24, 2.45) is 0 Å². The van der Waals surface area contributed by atoms with Crippen LogP contribution in [0.25, 0.3) is 0 Å². The summed E-state index contributed by atoms with van der Waals surface area (Å²) < 4.78 is 27.4. The van der Waals surface area contributed by atoms with Crippen molar-refractivity contribution >= 4 is 27.2 Å². The molecular formula is C13H17N3O2S2. The number of anilines is 1. The van der Waals surface area contributed by atoms with E-state index in [0.717, 1.165) is 4.88 Å². The van der Waals surface area contributed by atoms with Gasteiger partial charge in [-0.05, 0) is 30.0 Å². The van der Waals surface area contributed by atoms with Gasteiger partial charge in [0.15, 0.2) is 0 Å². The summed E-state index contributed by atoms with van der Waals surface area (Å²) in [6.07, 6.45) is 2.05. The second-order valence-electron chi connectivity index (χ2n) is 4.23. The molecule has 2 N–H and O–H groups in total. The zero-order valence-electron chi connectivity index (χ0n) is 11.3. The van der Waals surface area contributed by atoms with Crippen LogP contribution in [-0.2, 0) is 10.0 Å². The zero-order valence-corrected chi connectivity index (χ0v) is 13.0. The Morgan fingerprint density at radius 2 is 2.15 bits per heavy atom. The molecule has 0 spiro atoms. The van der Waals surface area contributed by atoms with Gasteiger partial charge in [-0.25, -0.2) is 18.1 Å². The second kappa shape index (κ2) is 6.34. The normalized spacial score (nSPS) is 13.1. The molecule has 5 nitrogen and oxygen atoms in total. The SMILES string of the molecule is CCC(NS(=O)(=O)c1ccc(NC)nc1)c1cccs1. The maximum atomic E-state index is 12.3. The van der Waals surface area contributed by atoms with Crippen LogP contribution >= 0.6 is 11.3 Å². The molecular weight excluding hydrogens is 294 g/mol. The highest BCUT2D eigenvalue weighted by Gasteiger charge is 2.21. The molecule has 108 valence electrons. The van der Waals surface area contributed by atoms with Gasteiger partial charge in [-0.3, -0.25) is 0 Å². The first-order valence-corrected chi connectivity index (χ1v) is 8.62. The summed E-state index contributed by atoms with van der Waals surface area (Å²) >= 11 is 1.54. The van der Waals surface area contributed by atoms with Crippen LogP contribution in [0, 0.1) is 0 Å². The molecule has 2 aromatic rings. The highest BCUT2D eigenvalue weighted by molar-refractivity contribution is 7.89. The van der Waals surface area contributed by atoms with E-state index in [2.05, 4.69) is 15.0 Å². The molecule has 7 heteroatoms. The van der Waals surface area contributed by atoms with E-state index in [9.17, 15) is 8.42 Å². The number of pyridine rings is 1. The Morgan fingerprint density at radius 3 is 2.65 bits per heavy atom. The molecule has 0 aromatic carbocycles. The smallest absolute Gasteiger partial charge is 0.242 e. The zero-order chi connectivity index (χ0) is 14.6. The second-order valence-corrected chi connectivity index (χ2v) is 6.92. The molecule has 1 atom stereocenters. The molecule has 20 heavy (non-hydrogen) atoms.